The van der Waals surface area contributed by atoms with Gasteiger partial charge in [-0.1, -0.05) is 43.1 Å². The molecule has 0 saturated carbocycles. The van der Waals surface area contributed by atoms with Gasteiger partial charge in [-0.15, -0.1) is 0 Å². The predicted octanol–water partition coefficient (Wildman–Crippen LogP) is 4.23. The van der Waals surface area contributed by atoms with Crippen LogP contribution in [0.5, 0.6) is 0 Å². The first-order valence-electron chi connectivity index (χ1n) is 10.7. The summed E-state index contributed by atoms with van der Waals surface area (Å²) in [4.78, 5) is 27.7. The molecule has 0 fully saturated rings. The lowest BCUT2D eigenvalue weighted by molar-refractivity contribution is -0.140. The highest BCUT2D eigenvalue weighted by Gasteiger charge is 2.32. The van der Waals surface area contributed by atoms with Gasteiger partial charge in [0.05, 0.1) is 11.9 Å². The molecule has 0 radical (unpaired) electrons. The zero-order valence-electron chi connectivity index (χ0n) is 19.2. The fourth-order valence-corrected chi connectivity index (χ4v) is 4.73. The van der Waals surface area contributed by atoms with Crippen LogP contribution in [0.25, 0.3) is 0 Å². The number of carbonyl (C=O) groups excluding carboxylic acids is 2. The molecule has 2 amide bonds. The van der Waals surface area contributed by atoms with Crippen LogP contribution in [0, 0.1) is 5.82 Å². The lowest BCUT2D eigenvalue weighted by Crippen LogP contribution is -2.52. The third kappa shape index (κ3) is 7.32. The summed E-state index contributed by atoms with van der Waals surface area (Å²) in [5.41, 5.74) is 0.560. The highest BCUT2D eigenvalue weighted by molar-refractivity contribution is 7.92. The smallest absolute Gasteiger partial charge is 0.244 e. The largest absolute Gasteiger partial charge is 0.354 e. The van der Waals surface area contributed by atoms with Gasteiger partial charge in [0.2, 0.25) is 21.8 Å². The van der Waals surface area contributed by atoms with Crippen LogP contribution in [0.3, 0.4) is 0 Å². The minimum atomic E-state index is -3.90. The van der Waals surface area contributed by atoms with E-state index in [9.17, 15) is 22.4 Å². The maximum absolute atomic E-state index is 13.5. The van der Waals surface area contributed by atoms with Gasteiger partial charge in [0, 0.05) is 28.7 Å². The summed E-state index contributed by atoms with van der Waals surface area (Å²) in [5, 5.41) is 3.41. The van der Waals surface area contributed by atoms with E-state index in [1.165, 1.54) is 17.0 Å². The number of carbonyl (C=O) groups is 2. The number of benzene rings is 2. The van der Waals surface area contributed by atoms with E-state index in [1.807, 2.05) is 6.92 Å². The van der Waals surface area contributed by atoms with E-state index in [2.05, 4.69) is 5.32 Å². The molecule has 7 nitrogen and oxygen atoms in total. The van der Waals surface area contributed by atoms with Crippen LogP contribution < -0.4 is 9.62 Å². The highest BCUT2D eigenvalue weighted by atomic mass is 35.5. The number of sulfonamides is 1. The number of nitrogens with one attached hydrogen (secondary N) is 1. The molecule has 0 saturated heterocycles. The first-order chi connectivity index (χ1) is 16.0. The third-order valence-corrected chi connectivity index (χ3v) is 6.97. The van der Waals surface area contributed by atoms with Gasteiger partial charge >= 0.3 is 0 Å². The molecular weight excluding hydrogens is 504 g/mol. The van der Waals surface area contributed by atoms with Gasteiger partial charge in [-0.2, -0.15) is 0 Å². The topological polar surface area (TPSA) is 86.8 Å². The summed E-state index contributed by atoms with van der Waals surface area (Å²) < 4.78 is 39.2. The summed E-state index contributed by atoms with van der Waals surface area (Å²) in [6, 6.07) is 8.75. The van der Waals surface area contributed by atoms with Crippen LogP contribution in [-0.2, 0) is 26.2 Å². The first-order valence-corrected chi connectivity index (χ1v) is 13.3. The normalized spacial score (nSPS) is 12.2. The van der Waals surface area contributed by atoms with Crippen LogP contribution in [-0.4, -0.2) is 50.5 Å². The Morgan fingerprint density at radius 3 is 2.15 bits per heavy atom. The van der Waals surface area contributed by atoms with Crippen molar-refractivity contribution >= 4 is 50.7 Å². The lowest BCUT2D eigenvalue weighted by Gasteiger charge is -2.33. The average molecular weight is 532 g/mol. The van der Waals surface area contributed by atoms with Crippen molar-refractivity contribution in [1.29, 1.82) is 0 Å². The SMILES string of the molecule is CCCNC(=O)C(CC)N(Cc1c(Cl)cccc1Cl)C(=O)CN(c1ccc(F)cc1)S(C)(=O)=O. The standard InChI is InChI=1S/C23H28Cl2FN3O4S/c1-4-13-27-23(31)21(5-2)28(14-18-19(24)7-6-8-20(18)25)22(30)15-29(34(3,32)33)17-11-9-16(26)10-12-17/h6-12,21H,4-5,13-15H2,1-3H3,(H,27,31). The van der Waals surface area contributed by atoms with E-state index < -0.39 is 34.3 Å². The van der Waals surface area contributed by atoms with E-state index >= 15 is 0 Å². The second kappa shape index (κ2) is 12.4. The van der Waals surface area contributed by atoms with Crippen LogP contribution in [0.1, 0.15) is 32.3 Å². The van der Waals surface area contributed by atoms with Gasteiger partial charge in [-0.25, -0.2) is 12.8 Å². The zero-order chi connectivity index (χ0) is 25.5. The van der Waals surface area contributed by atoms with Gasteiger partial charge in [-0.3, -0.25) is 13.9 Å². The lowest BCUT2D eigenvalue weighted by atomic mass is 10.1. The quantitative estimate of drug-likeness (QED) is 0.469. The molecule has 2 aromatic rings. The van der Waals surface area contributed by atoms with E-state index in [-0.39, 0.29) is 24.6 Å². The summed E-state index contributed by atoms with van der Waals surface area (Å²) in [6.45, 7) is 3.38. The monoisotopic (exact) mass is 531 g/mol. The first kappa shape index (κ1) is 27.9. The van der Waals surface area contributed by atoms with E-state index in [4.69, 9.17) is 23.2 Å². The summed E-state index contributed by atoms with van der Waals surface area (Å²) in [6.07, 6.45) is 1.93. The molecule has 186 valence electrons. The van der Waals surface area contributed by atoms with Crippen LogP contribution >= 0.6 is 23.2 Å². The van der Waals surface area contributed by atoms with Gasteiger partial charge in [0.15, 0.2) is 0 Å². The second-order valence-corrected chi connectivity index (χ2v) is 10.4. The summed E-state index contributed by atoms with van der Waals surface area (Å²) >= 11 is 12.6. The molecule has 0 aromatic heterocycles. The zero-order valence-corrected chi connectivity index (χ0v) is 21.6. The number of halogens is 3. The van der Waals surface area contributed by atoms with Crippen molar-refractivity contribution < 1.29 is 22.4 Å². The molecule has 0 aliphatic rings. The molecule has 2 aromatic carbocycles. The van der Waals surface area contributed by atoms with E-state index in [0.717, 1.165) is 22.7 Å². The van der Waals surface area contributed by atoms with Crippen molar-refractivity contribution in [1.82, 2.24) is 10.2 Å². The Morgan fingerprint density at radius 2 is 1.65 bits per heavy atom. The number of hydrogen-bond acceptors (Lipinski definition) is 4. The van der Waals surface area contributed by atoms with Crippen molar-refractivity contribution in [3.63, 3.8) is 0 Å². The maximum Gasteiger partial charge on any atom is 0.244 e. The van der Waals surface area contributed by atoms with Gasteiger partial charge in [0.1, 0.15) is 18.4 Å². The van der Waals surface area contributed by atoms with Gasteiger partial charge < -0.3 is 10.2 Å². The molecule has 11 heteroatoms. The molecule has 1 N–H and O–H groups in total. The molecular formula is C23H28Cl2FN3O4S. The van der Waals surface area contributed by atoms with Crippen molar-refractivity contribution in [2.24, 2.45) is 0 Å². The van der Waals surface area contributed by atoms with Gasteiger partial charge in [-0.05, 0) is 49.2 Å². The fraction of sp³-hybridized carbons (Fsp3) is 0.391. The Labute approximate surface area is 209 Å². The number of amides is 2. The van der Waals surface area contributed by atoms with E-state index in [1.54, 1.807) is 25.1 Å². The third-order valence-electron chi connectivity index (χ3n) is 5.12. The van der Waals surface area contributed by atoms with Crippen LogP contribution in [0.4, 0.5) is 10.1 Å². The number of hydrogen-bond donors (Lipinski definition) is 1. The van der Waals surface area contributed by atoms with Crippen molar-refractivity contribution in [2.75, 3.05) is 23.7 Å². The van der Waals surface area contributed by atoms with Gasteiger partial charge in [0.25, 0.3) is 0 Å². The number of anilines is 1. The molecule has 0 spiro atoms. The van der Waals surface area contributed by atoms with Crippen molar-refractivity contribution in [2.45, 2.75) is 39.3 Å². The molecule has 0 heterocycles. The van der Waals surface area contributed by atoms with E-state index in [0.29, 0.717) is 28.6 Å². The number of nitrogens with zero attached hydrogens (tertiary/aromatic N) is 2. The Kier molecular flexibility index (Phi) is 10.1. The van der Waals surface area contributed by atoms with Crippen molar-refractivity contribution in [3.8, 4) is 0 Å². The average Bonchev–Trinajstić information content (AvgIpc) is 2.77. The maximum atomic E-state index is 13.5. The Morgan fingerprint density at radius 1 is 1.06 bits per heavy atom. The molecule has 34 heavy (non-hydrogen) atoms. The highest BCUT2D eigenvalue weighted by Crippen LogP contribution is 2.27. The molecule has 1 atom stereocenters. The predicted molar refractivity (Wildman–Crippen MR) is 133 cm³/mol. The minimum absolute atomic E-state index is 0.101. The van der Waals surface area contributed by atoms with Crippen LogP contribution in [0.15, 0.2) is 42.5 Å². The molecule has 0 bridgehead atoms. The van der Waals surface area contributed by atoms with Crippen LogP contribution in [0.2, 0.25) is 10.0 Å². The summed E-state index contributed by atoms with van der Waals surface area (Å²) in [7, 11) is -3.90. The Balaban J connectivity index is 2.47. The molecule has 2 rings (SSSR count). The minimum Gasteiger partial charge on any atom is -0.354 e. The Hall–Kier alpha value is -2.36. The second-order valence-electron chi connectivity index (χ2n) is 7.68. The number of rotatable bonds is 11. The fourth-order valence-electron chi connectivity index (χ4n) is 3.36. The summed E-state index contributed by atoms with van der Waals surface area (Å²) in [5.74, 6) is -1.55. The van der Waals surface area contributed by atoms with Crippen molar-refractivity contribution in [3.05, 3.63) is 63.9 Å². The Bertz CT molecular complexity index is 1090. The molecule has 1 unspecified atom stereocenters. The molecule has 0 aliphatic carbocycles. The molecule has 0 aliphatic heterocycles.